The summed E-state index contributed by atoms with van der Waals surface area (Å²) in [4.78, 5) is 3.73. The third kappa shape index (κ3) is 3.03. The fourth-order valence-electron chi connectivity index (χ4n) is 1.49. The SMILES string of the molecule is N#Cc1ccc(Nc2cc(C(F)(F)F)ccc2F)cn1. The summed E-state index contributed by atoms with van der Waals surface area (Å²) in [5, 5.41) is 11.1. The lowest BCUT2D eigenvalue weighted by molar-refractivity contribution is -0.137. The summed E-state index contributed by atoms with van der Waals surface area (Å²) in [5.41, 5.74) is -0.836. The Morgan fingerprint density at radius 2 is 1.90 bits per heavy atom. The maximum atomic E-state index is 13.5. The number of aromatic nitrogens is 1. The van der Waals surface area contributed by atoms with E-state index in [2.05, 4.69) is 10.3 Å². The van der Waals surface area contributed by atoms with Gasteiger partial charge in [-0.05, 0) is 30.3 Å². The molecule has 1 aromatic carbocycles. The summed E-state index contributed by atoms with van der Waals surface area (Å²) < 4.78 is 51.1. The lowest BCUT2D eigenvalue weighted by Gasteiger charge is -2.11. The number of nitriles is 1. The van der Waals surface area contributed by atoms with Crippen molar-refractivity contribution in [3.8, 4) is 6.07 Å². The van der Waals surface area contributed by atoms with Gasteiger partial charge in [-0.25, -0.2) is 9.37 Å². The molecule has 20 heavy (non-hydrogen) atoms. The van der Waals surface area contributed by atoms with E-state index in [1.165, 1.54) is 18.3 Å². The van der Waals surface area contributed by atoms with Crippen LogP contribution in [0.5, 0.6) is 0 Å². The maximum absolute atomic E-state index is 13.5. The van der Waals surface area contributed by atoms with E-state index < -0.39 is 17.6 Å². The van der Waals surface area contributed by atoms with Gasteiger partial charge >= 0.3 is 6.18 Å². The molecule has 0 unspecified atom stereocenters. The van der Waals surface area contributed by atoms with E-state index >= 15 is 0 Å². The van der Waals surface area contributed by atoms with E-state index in [9.17, 15) is 17.6 Å². The van der Waals surface area contributed by atoms with Crippen LogP contribution in [0.15, 0.2) is 36.5 Å². The number of anilines is 2. The second-order valence-corrected chi connectivity index (χ2v) is 3.86. The Morgan fingerprint density at radius 1 is 1.15 bits per heavy atom. The van der Waals surface area contributed by atoms with E-state index in [0.717, 1.165) is 6.07 Å². The topological polar surface area (TPSA) is 48.7 Å². The number of hydrogen-bond acceptors (Lipinski definition) is 3. The van der Waals surface area contributed by atoms with Gasteiger partial charge in [0.25, 0.3) is 0 Å². The Morgan fingerprint density at radius 3 is 2.45 bits per heavy atom. The van der Waals surface area contributed by atoms with Crippen LogP contribution in [0.3, 0.4) is 0 Å². The van der Waals surface area contributed by atoms with Crippen molar-refractivity contribution >= 4 is 11.4 Å². The van der Waals surface area contributed by atoms with Gasteiger partial charge in [-0.1, -0.05) is 0 Å². The number of alkyl halides is 3. The van der Waals surface area contributed by atoms with Crippen LogP contribution in [-0.2, 0) is 6.18 Å². The molecule has 0 atom stereocenters. The van der Waals surface area contributed by atoms with E-state index in [-0.39, 0.29) is 17.1 Å². The summed E-state index contributed by atoms with van der Waals surface area (Å²) in [6.07, 6.45) is -3.31. The lowest BCUT2D eigenvalue weighted by atomic mass is 10.2. The molecule has 0 aliphatic carbocycles. The Balaban J connectivity index is 2.30. The van der Waals surface area contributed by atoms with Crippen LogP contribution in [-0.4, -0.2) is 4.98 Å². The van der Waals surface area contributed by atoms with Crippen LogP contribution in [0, 0.1) is 17.1 Å². The second-order valence-electron chi connectivity index (χ2n) is 3.86. The molecule has 1 aromatic heterocycles. The van der Waals surface area contributed by atoms with Crippen molar-refractivity contribution in [2.45, 2.75) is 6.18 Å². The molecule has 0 amide bonds. The number of nitrogens with zero attached hydrogens (tertiary/aromatic N) is 2. The Labute approximate surface area is 111 Å². The largest absolute Gasteiger partial charge is 0.416 e. The zero-order chi connectivity index (χ0) is 14.8. The van der Waals surface area contributed by atoms with Gasteiger partial charge in [0.2, 0.25) is 0 Å². The molecule has 0 fully saturated rings. The maximum Gasteiger partial charge on any atom is 0.416 e. The second kappa shape index (κ2) is 5.17. The molecule has 1 heterocycles. The zero-order valence-corrected chi connectivity index (χ0v) is 9.87. The predicted octanol–water partition coefficient (Wildman–Crippen LogP) is 3.85. The summed E-state index contributed by atoms with van der Waals surface area (Å²) in [7, 11) is 0. The summed E-state index contributed by atoms with van der Waals surface area (Å²) >= 11 is 0. The van der Waals surface area contributed by atoms with Crippen LogP contribution < -0.4 is 5.32 Å². The molecule has 2 rings (SSSR count). The molecule has 0 saturated carbocycles. The quantitative estimate of drug-likeness (QED) is 0.850. The van der Waals surface area contributed by atoms with Crippen molar-refractivity contribution in [2.24, 2.45) is 0 Å². The molecule has 7 heteroatoms. The molecule has 0 radical (unpaired) electrons. The highest BCUT2D eigenvalue weighted by molar-refractivity contribution is 5.60. The van der Waals surface area contributed by atoms with E-state index in [1.54, 1.807) is 6.07 Å². The molecule has 2 aromatic rings. The third-order valence-corrected chi connectivity index (χ3v) is 2.45. The number of halogens is 4. The summed E-state index contributed by atoms with van der Waals surface area (Å²) in [5.74, 6) is -0.817. The highest BCUT2D eigenvalue weighted by Gasteiger charge is 2.31. The van der Waals surface area contributed by atoms with Gasteiger partial charge in [-0.15, -0.1) is 0 Å². The molecule has 0 aliphatic heterocycles. The van der Waals surface area contributed by atoms with Crippen molar-refractivity contribution in [3.63, 3.8) is 0 Å². The van der Waals surface area contributed by atoms with E-state index in [1.807, 2.05) is 0 Å². The first-order valence-corrected chi connectivity index (χ1v) is 5.40. The van der Waals surface area contributed by atoms with Gasteiger partial charge in [0, 0.05) is 0 Å². The first-order valence-electron chi connectivity index (χ1n) is 5.40. The fourth-order valence-corrected chi connectivity index (χ4v) is 1.49. The van der Waals surface area contributed by atoms with Gasteiger partial charge in [-0.2, -0.15) is 18.4 Å². The smallest absolute Gasteiger partial charge is 0.352 e. The van der Waals surface area contributed by atoms with E-state index in [0.29, 0.717) is 12.1 Å². The Hall–Kier alpha value is -2.62. The minimum absolute atomic E-state index is 0.153. The highest BCUT2D eigenvalue weighted by Crippen LogP contribution is 2.32. The van der Waals surface area contributed by atoms with Crippen LogP contribution in [0.2, 0.25) is 0 Å². The summed E-state index contributed by atoms with van der Waals surface area (Å²) in [6, 6.07) is 6.66. The minimum atomic E-state index is -4.55. The molecule has 102 valence electrons. The van der Waals surface area contributed by atoms with Crippen molar-refractivity contribution in [2.75, 3.05) is 5.32 Å². The van der Waals surface area contributed by atoms with Crippen molar-refractivity contribution in [3.05, 3.63) is 53.6 Å². The molecular weight excluding hydrogens is 274 g/mol. The number of hydrogen-bond donors (Lipinski definition) is 1. The average Bonchev–Trinajstić information content (AvgIpc) is 2.41. The molecule has 0 aliphatic rings. The van der Waals surface area contributed by atoms with Crippen LogP contribution in [0.25, 0.3) is 0 Å². The van der Waals surface area contributed by atoms with Crippen LogP contribution in [0.4, 0.5) is 28.9 Å². The van der Waals surface area contributed by atoms with Crippen LogP contribution >= 0.6 is 0 Å². The molecular formula is C13H7F4N3. The first-order chi connectivity index (χ1) is 9.40. The van der Waals surface area contributed by atoms with Gasteiger partial charge in [0.1, 0.15) is 17.6 Å². The minimum Gasteiger partial charge on any atom is -0.352 e. The Bertz CT molecular complexity index is 657. The van der Waals surface area contributed by atoms with Gasteiger partial charge < -0.3 is 5.32 Å². The molecule has 0 bridgehead atoms. The van der Waals surface area contributed by atoms with Crippen LogP contribution in [0.1, 0.15) is 11.3 Å². The number of nitrogens with one attached hydrogen (secondary N) is 1. The van der Waals surface area contributed by atoms with Gasteiger partial charge in [-0.3, -0.25) is 0 Å². The average molecular weight is 281 g/mol. The molecule has 1 N–H and O–H groups in total. The number of benzene rings is 1. The lowest BCUT2D eigenvalue weighted by Crippen LogP contribution is -2.06. The standard InChI is InChI=1S/C13H7F4N3/c14-11-4-1-8(13(15,16)17)5-12(11)20-10-3-2-9(6-18)19-7-10/h1-5,7,20H. The summed E-state index contributed by atoms with van der Waals surface area (Å²) in [6.45, 7) is 0. The monoisotopic (exact) mass is 281 g/mol. The zero-order valence-electron chi connectivity index (χ0n) is 9.87. The number of rotatable bonds is 2. The van der Waals surface area contributed by atoms with Gasteiger partial charge in [0.05, 0.1) is 23.1 Å². The number of pyridine rings is 1. The molecule has 0 saturated heterocycles. The fraction of sp³-hybridized carbons (Fsp3) is 0.0769. The highest BCUT2D eigenvalue weighted by atomic mass is 19.4. The molecule has 0 spiro atoms. The third-order valence-electron chi connectivity index (χ3n) is 2.45. The van der Waals surface area contributed by atoms with E-state index in [4.69, 9.17) is 5.26 Å². The Kier molecular flexibility index (Phi) is 3.57. The normalized spacial score (nSPS) is 10.9. The van der Waals surface area contributed by atoms with Crippen molar-refractivity contribution in [1.82, 2.24) is 4.98 Å². The first kappa shape index (κ1) is 13.8. The molecule has 3 nitrogen and oxygen atoms in total. The predicted molar refractivity (Wildman–Crippen MR) is 63.6 cm³/mol. The van der Waals surface area contributed by atoms with Crippen molar-refractivity contribution < 1.29 is 17.6 Å². The van der Waals surface area contributed by atoms with Crippen molar-refractivity contribution in [1.29, 1.82) is 5.26 Å². The van der Waals surface area contributed by atoms with Gasteiger partial charge in [0.15, 0.2) is 0 Å².